The molecule has 0 bridgehead atoms. The van der Waals surface area contributed by atoms with Gasteiger partial charge in [-0.15, -0.1) is 0 Å². The predicted octanol–water partition coefficient (Wildman–Crippen LogP) is 4.28. The molecule has 0 saturated heterocycles. The number of nitrogens with one attached hydrogen (secondary N) is 1. The van der Waals surface area contributed by atoms with Gasteiger partial charge >= 0.3 is 0 Å². The summed E-state index contributed by atoms with van der Waals surface area (Å²) in [7, 11) is 0. The Bertz CT molecular complexity index is 1040. The lowest BCUT2D eigenvalue weighted by molar-refractivity contribution is -0.115. The molecule has 0 aliphatic heterocycles. The van der Waals surface area contributed by atoms with Crippen molar-refractivity contribution >= 4 is 23.4 Å². The first kappa shape index (κ1) is 19.9. The molecule has 0 fully saturated rings. The zero-order valence-electron chi connectivity index (χ0n) is 16.4. The SMILES string of the molecule is Cc1ccc(-n2nc(S[C@H](C)C(=O)Nc3cc(C)cc(C)c3)ccc2=O)cc1. The molecular formula is C22H23N3O2S. The van der Waals surface area contributed by atoms with Crippen LogP contribution < -0.4 is 10.9 Å². The molecule has 144 valence electrons. The summed E-state index contributed by atoms with van der Waals surface area (Å²) in [5, 5.41) is 7.62. The van der Waals surface area contributed by atoms with E-state index >= 15 is 0 Å². The Balaban J connectivity index is 1.75. The maximum absolute atomic E-state index is 12.6. The molecule has 1 atom stereocenters. The molecule has 5 nitrogen and oxygen atoms in total. The molecule has 3 rings (SSSR count). The van der Waals surface area contributed by atoms with E-state index in [1.807, 2.05) is 64.1 Å². The zero-order chi connectivity index (χ0) is 20.3. The van der Waals surface area contributed by atoms with Gasteiger partial charge in [0.25, 0.3) is 5.56 Å². The first-order valence-corrected chi connectivity index (χ1v) is 9.93. The second-order valence-corrected chi connectivity index (χ2v) is 8.24. The maximum atomic E-state index is 12.6. The number of aryl methyl sites for hydroxylation is 3. The topological polar surface area (TPSA) is 64.0 Å². The van der Waals surface area contributed by atoms with Crippen molar-refractivity contribution in [3.8, 4) is 5.69 Å². The average molecular weight is 394 g/mol. The van der Waals surface area contributed by atoms with Crippen molar-refractivity contribution in [1.29, 1.82) is 0 Å². The largest absolute Gasteiger partial charge is 0.325 e. The quantitative estimate of drug-likeness (QED) is 0.657. The Morgan fingerprint density at radius 3 is 2.25 bits per heavy atom. The van der Waals surface area contributed by atoms with E-state index in [2.05, 4.69) is 16.5 Å². The van der Waals surface area contributed by atoms with E-state index in [-0.39, 0.29) is 16.7 Å². The zero-order valence-corrected chi connectivity index (χ0v) is 17.2. The van der Waals surface area contributed by atoms with Crippen LogP contribution in [-0.2, 0) is 4.79 Å². The number of rotatable bonds is 5. The molecule has 0 saturated carbocycles. The van der Waals surface area contributed by atoms with Crippen molar-refractivity contribution in [2.75, 3.05) is 5.32 Å². The van der Waals surface area contributed by atoms with E-state index in [1.54, 1.807) is 6.07 Å². The van der Waals surface area contributed by atoms with E-state index in [0.717, 1.165) is 22.4 Å². The summed E-state index contributed by atoms with van der Waals surface area (Å²) in [4.78, 5) is 24.8. The van der Waals surface area contributed by atoms with E-state index in [0.29, 0.717) is 10.7 Å². The highest BCUT2D eigenvalue weighted by Crippen LogP contribution is 2.22. The number of nitrogens with zero attached hydrogens (tertiary/aromatic N) is 2. The predicted molar refractivity (Wildman–Crippen MR) is 114 cm³/mol. The molecular weight excluding hydrogens is 370 g/mol. The Morgan fingerprint density at radius 2 is 1.61 bits per heavy atom. The number of anilines is 1. The van der Waals surface area contributed by atoms with Crippen molar-refractivity contribution in [1.82, 2.24) is 9.78 Å². The smallest absolute Gasteiger partial charge is 0.271 e. The lowest BCUT2D eigenvalue weighted by Gasteiger charge is -2.13. The fourth-order valence-corrected chi connectivity index (χ4v) is 3.66. The summed E-state index contributed by atoms with van der Waals surface area (Å²) >= 11 is 1.32. The number of carbonyl (C=O) groups excluding carboxylic acids is 1. The number of hydrogen-bond acceptors (Lipinski definition) is 4. The van der Waals surface area contributed by atoms with E-state index < -0.39 is 0 Å². The third kappa shape index (κ3) is 4.89. The van der Waals surface area contributed by atoms with Crippen LogP contribution in [0.1, 0.15) is 23.6 Å². The second kappa shape index (κ2) is 8.44. The lowest BCUT2D eigenvalue weighted by Crippen LogP contribution is -2.24. The Kier molecular flexibility index (Phi) is 5.99. The normalized spacial score (nSPS) is 11.9. The van der Waals surface area contributed by atoms with Gasteiger partial charge in [0.2, 0.25) is 5.91 Å². The molecule has 6 heteroatoms. The maximum Gasteiger partial charge on any atom is 0.271 e. The van der Waals surface area contributed by atoms with Crippen LogP contribution in [0.3, 0.4) is 0 Å². The van der Waals surface area contributed by atoms with Gasteiger partial charge in [-0.1, -0.05) is 35.5 Å². The minimum Gasteiger partial charge on any atom is -0.325 e. The van der Waals surface area contributed by atoms with Crippen molar-refractivity contribution in [3.63, 3.8) is 0 Å². The number of thioether (sulfide) groups is 1. The van der Waals surface area contributed by atoms with E-state index in [4.69, 9.17) is 0 Å². The van der Waals surface area contributed by atoms with Gasteiger partial charge in [0.05, 0.1) is 10.9 Å². The number of amides is 1. The number of benzene rings is 2. The van der Waals surface area contributed by atoms with Crippen LogP contribution in [0, 0.1) is 20.8 Å². The van der Waals surface area contributed by atoms with Crippen LogP contribution in [0.2, 0.25) is 0 Å². The Morgan fingerprint density at radius 1 is 0.964 bits per heavy atom. The van der Waals surface area contributed by atoms with Gasteiger partial charge in [-0.3, -0.25) is 9.59 Å². The summed E-state index contributed by atoms with van der Waals surface area (Å²) in [6.07, 6.45) is 0. The summed E-state index contributed by atoms with van der Waals surface area (Å²) in [6.45, 7) is 7.81. The van der Waals surface area contributed by atoms with Gasteiger partial charge in [0, 0.05) is 11.8 Å². The van der Waals surface area contributed by atoms with Gasteiger partial charge in [0.1, 0.15) is 5.03 Å². The lowest BCUT2D eigenvalue weighted by atomic mass is 10.1. The molecule has 1 aromatic heterocycles. The van der Waals surface area contributed by atoms with Gasteiger partial charge < -0.3 is 5.32 Å². The molecule has 0 aliphatic rings. The standard InChI is InChI=1S/C22H23N3O2S/c1-14-5-7-19(8-6-14)25-21(26)10-9-20(24-25)28-17(4)22(27)23-18-12-15(2)11-16(3)13-18/h5-13,17H,1-4H3,(H,23,27)/t17-/m1/s1. The van der Waals surface area contributed by atoms with Crippen molar-refractivity contribution in [3.05, 3.63) is 81.6 Å². The number of hydrogen-bond donors (Lipinski definition) is 1. The highest BCUT2D eigenvalue weighted by molar-refractivity contribution is 8.00. The van der Waals surface area contributed by atoms with Crippen molar-refractivity contribution in [2.24, 2.45) is 0 Å². The van der Waals surface area contributed by atoms with Crippen LogP contribution in [0.5, 0.6) is 0 Å². The molecule has 2 aromatic carbocycles. The second-order valence-electron chi connectivity index (χ2n) is 6.88. The highest BCUT2D eigenvalue weighted by atomic mass is 32.2. The van der Waals surface area contributed by atoms with Crippen LogP contribution in [0.15, 0.2) is 64.4 Å². The molecule has 0 aliphatic carbocycles. The molecule has 1 N–H and O–H groups in total. The van der Waals surface area contributed by atoms with Crippen LogP contribution >= 0.6 is 11.8 Å². The van der Waals surface area contributed by atoms with E-state index in [9.17, 15) is 9.59 Å². The fourth-order valence-electron chi connectivity index (χ4n) is 2.85. The monoisotopic (exact) mass is 393 g/mol. The molecule has 1 heterocycles. The molecule has 3 aromatic rings. The molecule has 0 unspecified atom stereocenters. The number of carbonyl (C=O) groups is 1. The van der Waals surface area contributed by atoms with E-state index in [1.165, 1.54) is 22.5 Å². The summed E-state index contributed by atoms with van der Waals surface area (Å²) in [5.74, 6) is -0.107. The molecule has 28 heavy (non-hydrogen) atoms. The van der Waals surface area contributed by atoms with Gasteiger partial charge in [0.15, 0.2) is 0 Å². The van der Waals surface area contributed by atoms with Crippen molar-refractivity contribution < 1.29 is 4.79 Å². The van der Waals surface area contributed by atoms with Crippen LogP contribution in [0.25, 0.3) is 5.69 Å². The van der Waals surface area contributed by atoms with Gasteiger partial charge in [-0.25, -0.2) is 0 Å². The third-order valence-electron chi connectivity index (χ3n) is 4.21. The highest BCUT2D eigenvalue weighted by Gasteiger charge is 2.16. The van der Waals surface area contributed by atoms with Crippen LogP contribution in [0.4, 0.5) is 5.69 Å². The van der Waals surface area contributed by atoms with Crippen LogP contribution in [-0.4, -0.2) is 20.9 Å². The van der Waals surface area contributed by atoms with Gasteiger partial charge in [-0.05, 0) is 69.2 Å². The summed E-state index contributed by atoms with van der Waals surface area (Å²) < 4.78 is 1.36. The molecule has 0 spiro atoms. The average Bonchev–Trinajstić information content (AvgIpc) is 2.63. The first-order valence-electron chi connectivity index (χ1n) is 9.05. The molecule has 1 amide bonds. The van der Waals surface area contributed by atoms with Gasteiger partial charge in [-0.2, -0.15) is 9.78 Å². The van der Waals surface area contributed by atoms with Crippen molar-refractivity contribution in [2.45, 2.75) is 38.0 Å². The minimum absolute atomic E-state index is 0.107. The Hall–Kier alpha value is -2.86. The minimum atomic E-state index is -0.364. The first-order chi connectivity index (χ1) is 13.3. The third-order valence-corrected chi connectivity index (χ3v) is 5.24. The number of aromatic nitrogens is 2. The Labute approximate surface area is 168 Å². The summed E-state index contributed by atoms with van der Waals surface area (Å²) in [5.41, 5.74) is 4.59. The molecule has 0 radical (unpaired) electrons. The summed E-state index contributed by atoms with van der Waals surface area (Å²) in [6, 6.07) is 16.7. The fraction of sp³-hybridized carbons (Fsp3) is 0.227.